The third-order valence-electron chi connectivity index (χ3n) is 4.86. The SMILES string of the molecule is Nc1cc(C2CC2)ccc1C(F)(F)F.Nc1cc(C2CC2)ccc1C(F)(F)F. The molecule has 2 aromatic carbocycles. The fraction of sp³-hybridized carbons (Fsp3) is 0.400. The number of benzene rings is 2. The van der Waals surface area contributed by atoms with Crippen molar-refractivity contribution in [3.05, 3.63) is 58.7 Å². The smallest absolute Gasteiger partial charge is 0.398 e. The van der Waals surface area contributed by atoms with Crippen LogP contribution in [0.5, 0.6) is 0 Å². The van der Waals surface area contributed by atoms with Gasteiger partial charge in [-0.2, -0.15) is 26.3 Å². The standard InChI is InChI=1S/2C10H10F3N/c2*11-10(12,13)8-4-3-7(5-9(8)14)6-1-2-6/h2*3-6H,1-2,14H2. The highest BCUT2D eigenvalue weighted by Gasteiger charge is 2.35. The molecule has 2 fully saturated rings. The Bertz CT molecular complexity index is 777. The van der Waals surface area contributed by atoms with Crippen LogP contribution in [0.4, 0.5) is 37.7 Å². The summed E-state index contributed by atoms with van der Waals surface area (Å²) in [4.78, 5) is 0. The van der Waals surface area contributed by atoms with Gasteiger partial charge in [0.2, 0.25) is 0 Å². The molecule has 152 valence electrons. The maximum absolute atomic E-state index is 12.3. The Kier molecular flexibility index (Phi) is 5.25. The molecule has 0 unspecified atom stereocenters. The first kappa shape index (κ1) is 20.4. The van der Waals surface area contributed by atoms with Gasteiger partial charge in [0.05, 0.1) is 11.1 Å². The van der Waals surface area contributed by atoms with E-state index in [1.807, 2.05) is 0 Å². The van der Waals surface area contributed by atoms with Crippen LogP contribution in [0.3, 0.4) is 0 Å². The second-order valence-corrected chi connectivity index (χ2v) is 7.24. The fourth-order valence-corrected chi connectivity index (χ4v) is 3.02. The topological polar surface area (TPSA) is 52.0 Å². The molecule has 2 aromatic rings. The lowest BCUT2D eigenvalue weighted by Gasteiger charge is -2.10. The molecule has 0 bridgehead atoms. The number of hydrogen-bond acceptors (Lipinski definition) is 2. The summed E-state index contributed by atoms with van der Waals surface area (Å²) in [6.45, 7) is 0. The summed E-state index contributed by atoms with van der Waals surface area (Å²) >= 11 is 0. The Morgan fingerprint density at radius 1 is 0.607 bits per heavy atom. The summed E-state index contributed by atoms with van der Waals surface area (Å²) in [6, 6.07) is 8.08. The van der Waals surface area contributed by atoms with Crippen LogP contribution in [0.2, 0.25) is 0 Å². The zero-order valence-electron chi connectivity index (χ0n) is 14.9. The predicted octanol–water partition coefficient (Wildman–Crippen LogP) is 6.33. The quantitative estimate of drug-likeness (QED) is 0.456. The third kappa shape index (κ3) is 4.91. The Balaban J connectivity index is 0.000000161. The average Bonchev–Trinajstić information content (AvgIpc) is 3.46. The van der Waals surface area contributed by atoms with E-state index in [0.29, 0.717) is 11.8 Å². The Morgan fingerprint density at radius 3 is 1.14 bits per heavy atom. The first-order valence-electron chi connectivity index (χ1n) is 8.90. The van der Waals surface area contributed by atoms with Crippen molar-refractivity contribution in [2.24, 2.45) is 0 Å². The zero-order chi connectivity index (χ0) is 20.7. The van der Waals surface area contributed by atoms with Gasteiger partial charge in [-0.05, 0) is 72.9 Å². The van der Waals surface area contributed by atoms with Crippen LogP contribution in [-0.4, -0.2) is 0 Å². The Morgan fingerprint density at radius 2 is 0.929 bits per heavy atom. The molecule has 4 rings (SSSR count). The molecule has 2 saturated carbocycles. The van der Waals surface area contributed by atoms with E-state index in [1.165, 1.54) is 24.3 Å². The van der Waals surface area contributed by atoms with Gasteiger partial charge in [-0.1, -0.05) is 12.1 Å². The number of hydrogen-bond donors (Lipinski definition) is 2. The number of nitrogens with two attached hydrogens (primary N) is 2. The Labute approximate surface area is 158 Å². The van der Waals surface area contributed by atoms with E-state index in [9.17, 15) is 26.3 Å². The summed E-state index contributed by atoms with van der Waals surface area (Å²) in [6.07, 6.45) is -4.44. The molecule has 2 aliphatic rings. The minimum Gasteiger partial charge on any atom is -0.398 e. The molecule has 2 aliphatic carbocycles. The van der Waals surface area contributed by atoms with Crippen LogP contribution >= 0.6 is 0 Å². The van der Waals surface area contributed by atoms with Gasteiger partial charge in [0.25, 0.3) is 0 Å². The maximum Gasteiger partial charge on any atom is 0.418 e. The molecule has 0 spiro atoms. The molecular weight excluding hydrogens is 382 g/mol. The highest BCUT2D eigenvalue weighted by Crippen LogP contribution is 2.43. The van der Waals surface area contributed by atoms with E-state index in [2.05, 4.69) is 0 Å². The van der Waals surface area contributed by atoms with Crippen molar-refractivity contribution < 1.29 is 26.3 Å². The van der Waals surface area contributed by atoms with Gasteiger partial charge >= 0.3 is 12.4 Å². The fourth-order valence-electron chi connectivity index (χ4n) is 3.02. The predicted molar refractivity (Wildman–Crippen MR) is 95.7 cm³/mol. The zero-order valence-corrected chi connectivity index (χ0v) is 14.9. The number of halogens is 6. The van der Waals surface area contributed by atoms with Crippen molar-refractivity contribution >= 4 is 11.4 Å². The lowest BCUT2D eigenvalue weighted by Crippen LogP contribution is -2.09. The van der Waals surface area contributed by atoms with Crippen molar-refractivity contribution in [1.29, 1.82) is 0 Å². The van der Waals surface area contributed by atoms with Gasteiger partial charge in [-0.3, -0.25) is 0 Å². The molecule has 0 atom stereocenters. The molecule has 0 aromatic heterocycles. The molecule has 2 nitrogen and oxygen atoms in total. The minimum atomic E-state index is -4.34. The van der Waals surface area contributed by atoms with E-state index < -0.39 is 23.5 Å². The van der Waals surface area contributed by atoms with Gasteiger partial charge in [-0.25, -0.2) is 0 Å². The van der Waals surface area contributed by atoms with Crippen LogP contribution in [-0.2, 0) is 12.4 Å². The number of anilines is 2. The molecular formula is C20H20F6N2. The van der Waals surface area contributed by atoms with Crippen LogP contribution in [0.15, 0.2) is 36.4 Å². The van der Waals surface area contributed by atoms with Crippen molar-refractivity contribution in [3.63, 3.8) is 0 Å². The first-order chi connectivity index (χ1) is 13.0. The highest BCUT2D eigenvalue weighted by atomic mass is 19.4. The molecule has 0 amide bonds. The average molecular weight is 402 g/mol. The van der Waals surface area contributed by atoms with E-state index >= 15 is 0 Å². The third-order valence-corrected chi connectivity index (χ3v) is 4.86. The molecule has 28 heavy (non-hydrogen) atoms. The van der Waals surface area contributed by atoms with Crippen molar-refractivity contribution in [3.8, 4) is 0 Å². The molecule has 0 heterocycles. The Hall–Kier alpha value is -2.38. The van der Waals surface area contributed by atoms with Gasteiger partial charge in [0.1, 0.15) is 0 Å². The number of nitrogen functional groups attached to an aromatic ring is 2. The summed E-state index contributed by atoms with van der Waals surface area (Å²) in [5.41, 5.74) is 10.8. The minimum absolute atomic E-state index is 0.165. The molecule has 0 aliphatic heterocycles. The summed E-state index contributed by atoms with van der Waals surface area (Å²) in [7, 11) is 0. The van der Waals surface area contributed by atoms with Crippen LogP contribution in [0, 0.1) is 0 Å². The second-order valence-electron chi connectivity index (χ2n) is 7.24. The van der Waals surface area contributed by atoms with Crippen molar-refractivity contribution in [2.75, 3.05) is 11.5 Å². The normalized spacial score (nSPS) is 17.1. The lowest BCUT2D eigenvalue weighted by atomic mass is 10.1. The van der Waals surface area contributed by atoms with E-state index in [-0.39, 0.29) is 11.4 Å². The van der Waals surface area contributed by atoms with Gasteiger partial charge in [-0.15, -0.1) is 0 Å². The highest BCUT2D eigenvalue weighted by molar-refractivity contribution is 5.52. The van der Waals surface area contributed by atoms with Crippen LogP contribution in [0.25, 0.3) is 0 Å². The monoisotopic (exact) mass is 402 g/mol. The van der Waals surface area contributed by atoms with Crippen molar-refractivity contribution in [2.45, 2.75) is 49.9 Å². The van der Waals surface area contributed by atoms with E-state index in [4.69, 9.17) is 11.5 Å². The largest absolute Gasteiger partial charge is 0.418 e. The van der Waals surface area contributed by atoms with Crippen LogP contribution < -0.4 is 11.5 Å². The van der Waals surface area contributed by atoms with Crippen LogP contribution in [0.1, 0.15) is 59.8 Å². The number of rotatable bonds is 2. The maximum atomic E-state index is 12.3. The van der Waals surface area contributed by atoms with Gasteiger partial charge in [0.15, 0.2) is 0 Å². The lowest BCUT2D eigenvalue weighted by molar-refractivity contribution is -0.137. The van der Waals surface area contributed by atoms with Gasteiger partial charge < -0.3 is 11.5 Å². The summed E-state index contributed by atoms with van der Waals surface area (Å²) < 4.78 is 73.9. The molecule has 4 N–H and O–H groups in total. The molecule has 0 saturated heterocycles. The molecule has 8 heteroatoms. The number of alkyl halides is 6. The summed E-state index contributed by atoms with van der Waals surface area (Å²) in [5, 5.41) is 0. The first-order valence-corrected chi connectivity index (χ1v) is 8.90. The van der Waals surface area contributed by atoms with E-state index in [0.717, 1.165) is 48.9 Å². The summed E-state index contributed by atoms with van der Waals surface area (Å²) in [5.74, 6) is 0.860. The van der Waals surface area contributed by atoms with Crippen molar-refractivity contribution in [1.82, 2.24) is 0 Å². The van der Waals surface area contributed by atoms with E-state index in [1.54, 1.807) is 0 Å². The second kappa shape index (κ2) is 7.22. The van der Waals surface area contributed by atoms with Gasteiger partial charge in [0, 0.05) is 11.4 Å². The molecule has 0 radical (unpaired) electrons.